The van der Waals surface area contributed by atoms with Crippen LogP contribution in [0.4, 0.5) is 0 Å². The fraction of sp³-hybridized carbons (Fsp3) is 0.870. The highest BCUT2D eigenvalue weighted by Crippen LogP contribution is 2.51. The van der Waals surface area contributed by atoms with E-state index in [-0.39, 0.29) is 17.2 Å². The van der Waals surface area contributed by atoms with E-state index in [1.807, 2.05) is 0 Å². The van der Waals surface area contributed by atoms with E-state index < -0.39 is 8.32 Å². The molecule has 4 nitrogen and oxygen atoms in total. The van der Waals surface area contributed by atoms with Crippen LogP contribution >= 0.6 is 0 Å². The third-order valence-electron chi connectivity index (χ3n) is 7.63. The van der Waals surface area contributed by atoms with Crippen LogP contribution in [0.5, 0.6) is 0 Å². The number of rotatable bonds is 5. The highest BCUT2D eigenvalue weighted by molar-refractivity contribution is 6.74. The molecule has 0 saturated heterocycles. The predicted molar refractivity (Wildman–Crippen MR) is 115 cm³/mol. The van der Waals surface area contributed by atoms with Crippen molar-refractivity contribution in [3.05, 3.63) is 11.1 Å². The largest absolute Gasteiger partial charge is 0.410 e. The molecule has 0 aliphatic heterocycles. The zero-order valence-electron chi connectivity index (χ0n) is 18.8. The summed E-state index contributed by atoms with van der Waals surface area (Å²) in [6.07, 6.45) is 8.10. The van der Waals surface area contributed by atoms with E-state index in [1.165, 1.54) is 18.4 Å². The summed E-state index contributed by atoms with van der Waals surface area (Å²) in [5.74, 6) is 1.36. The Morgan fingerprint density at radius 2 is 1.79 bits per heavy atom. The van der Waals surface area contributed by atoms with Crippen molar-refractivity contribution in [2.75, 3.05) is 13.9 Å². The van der Waals surface area contributed by atoms with E-state index in [9.17, 15) is 4.79 Å². The normalized spacial score (nSPS) is 32.0. The molecule has 3 aliphatic rings. The number of carbonyl (C=O) groups excluding carboxylic acids is 1. The lowest BCUT2D eigenvalue weighted by Crippen LogP contribution is -2.45. The molecular formula is C23H40O4Si. The lowest BCUT2D eigenvalue weighted by molar-refractivity contribution is -0.120. The van der Waals surface area contributed by atoms with Gasteiger partial charge in [-0.1, -0.05) is 26.3 Å². The molecule has 4 atom stereocenters. The van der Waals surface area contributed by atoms with Gasteiger partial charge in [0.2, 0.25) is 0 Å². The van der Waals surface area contributed by atoms with Gasteiger partial charge < -0.3 is 13.9 Å². The van der Waals surface area contributed by atoms with Crippen molar-refractivity contribution in [1.82, 2.24) is 0 Å². The Hall–Kier alpha value is -0.493. The van der Waals surface area contributed by atoms with E-state index in [0.29, 0.717) is 37.3 Å². The highest BCUT2D eigenvalue weighted by atomic mass is 28.4. The van der Waals surface area contributed by atoms with E-state index in [4.69, 9.17) is 13.9 Å². The molecule has 1 fully saturated rings. The zero-order valence-corrected chi connectivity index (χ0v) is 19.8. The average molecular weight is 409 g/mol. The van der Waals surface area contributed by atoms with E-state index in [0.717, 1.165) is 25.7 Å². The smallest absolute Gasteiger partial charge is 0.192 e. The fourth-order valence-corrected chi connectivity index (χ4v) is 6.45. The van der Waals surface area contributed by atoms with Crippen LogP contribution in [-0.4, -0.2) is 40.2 Å². The van der Waals surface area contributed by atoms with Crippen molar-refractivity contribution in [1.29, 1.82) is 0 Å². The fourth-order valence-electron chi connectivity index (χ4n) is 5.13. The topological polar surface area (TPSA) is 44.8 Å². The molecule has 1 saturated carbocycles. The molecule has 0 aromatic carbocycles. The summed E-state index contributed by atoms with van der Waals surface area (Å²) in [7, 11) is -0.221. The van der Waals surface area contributed by atoms with Gasteiger partial charge in [-0.3, -0.25) is 4.79 Å². The second-order valence-corrected chi connectivity index (χ2v) is 15.3. The van der Waals surface area contributed by atoms with Gasteiger partial charge in [-0.2, -0.15) is 0 Å². The number of carbonyl (C=O) groups is 1. The monoisotopic (exact) mass is 408 g/mol. The molecule has 0 spiro atoms. The number of hydrogen-bond donors (Lipinski definition) is 0. The van der Waals surface area contributed by atoms with Crippen molar-refractivity contribution in [2.24, 2.45) is 11.8 Å². The minimum absolute atomic E-state index is 0.115. The summed E-state index contributed by atoms with van der Waals surface area (Å²) in [6.45, 7) is 11.9. The third kappa shape index (κ3) is 4.63. The summed E-state index contributed by atoms with van der Waals surface area (Å²) in [6, 6.07) is 0. The molecular weight excluding hydrogens is 368 g/mol. The standard InChI is InChI=1S/C23H40O4Si/c1-23(2,3)28(5,6)27-20-13-11-17(24)10-12-19-21(26-15-25-4)14-16-8-7-9-18(20)22(16)19/h16,19-21H,7-15H2,1-6H3/t16-,19+,20+,21+/m0/s1. The van der Waals surface area contributed by atoms with Gasteiger partial charge in [0.25, 0.3) is 0 Å². The van der Waals surface area contributed by atoms with Crippen LogP contribution in [0.15, 0.2) is 11.1 Å². The minimum atomic E-state index is -1.90. The first-order valence-electron chi connectivity index (χ1n) is 11.2. The highest BCUT2D eigenvalue weighted by Gasteiger charge is 2.46. The molecule has 0 amide bonds. The molecule has 0 radical (unpaired) electrons. The molecule has 3 rings (SSSR count). The SMILES string of the molecule is COCO[C@@H]1C[C@@H]2CCCC3=C2[C@@H]1CCC(=O)CC[C@H]3O[Si](C)(C)C(C)(C)C. The van der Waals surface area contributed by atoms with Crippen LogP contribution in [0.25, 0.3) is 0 Å². The van der Waals surface area contributed by atoms with Gasteiger partial charge in [0.05, 0.1) is 12.2 Å². The Bertz CT molecular complexity index is 604. The van der Waals surface area contributed by atoms with Crippen LogP contribution in [-0.2, 0) is 18.7 Å². The Kier molecular flexibility index (Phi) is 6.90. The van der Waals surface area contributed by atoms with Crippen LogP contribution in [0, 0.1) is 11.8 Å². The first-order chi connectivity index (χ1) is 13.1. The summed E-state index contributed by atoms with van der Waals surface area (Å²) < 4.78 is 18.2. The number of ketones is 1. The first kappa shape index (κ1) is 22.2. The molecule has 0 bridgehead atoms. The molecule has 28 heavy (non-hydrogen) atoms. The second kappa shape index (κ2) is 8.71. The number of ether oxygens (including phenoxy) is 2. The molecule has 5 heteroatoms. The summed E-state index contributed by atoms with van der Waals surface area (Å²) in [5.41, 5.74) is 3.13. The number of hydrogen-bond acceptors (Lipinski definition) is 4. The van der Waals surface area contributed by atoms with Gasteiger partial charge >= 0.3 is 0 Å². The Labute approximate surface area is 172 Å². The molecule has 160 valence electrons. The van der Waals surface area contributed by atoms with Crippen LogP contribution in [0.1, 0.15) is 72.1 Å². The van der Waals surface area contributed by atoms with Gasteiger partial charge in [-0.15, -0.1) is 0 Å². The Morgan fingerprint density at radius 1 is 1.07 bits per heavy atom. The van der Waals surface area contributed by atoms with Gasteiger partial charge in [0.1, 0.15) is 12.6 Å². The Morgan fingerprint density at radius 3 is 2.46 bits per heavy atom. The molecule has 0 aromatic rings. The number of methoxy groups -OCH3 is 1. The lowest BCUT2D eigenvalue weighted by Gasteiger charge is -2.41. The third-order valence-corrected chi connectivity index (χ3v) is 12.1. The van der Waals surface area contributed by atoms with E-state index in [2.05, 4.69) is 33.9 Å². The lowest BCUT2D eigenvalue weighted by atomic mass is 9.79. The minimum Gasteiger partial charge on any atom is -0.410 e. The van der Waals surface area contributed by atoms with E-state index >= 15 is 0 Å². The van der Waals surface area contributed by atoms with Crippen molar-refractivity contribution in [3.63, 3.8) is 0 Å². The van der Waals surface area contributed by atoms with Crippen molar-refractivity contribution < 1.29 is 18.7 Å². The van der Waals surface area contributed by atoms with Crippen molar-refractivity contribution in [3.8, 4) is 0 Å². The second-order valence-electron chi connectivity index (χ2n) is 10.5. The van der Waals surface area contributed by atoms with Gasteiger partial charge in [0, 0.05) is 25.9 Å². The van der Waals surface area contributed by atoms with E-state index in [1.54, 1.807) is 12.7 Å². The van der Waals surface area contributed by atoms with Gasteiger partial charge in [0.15, 0.2) is 8.32 Å². The number of Topliss-reactive ketones (excluding diaryl/α,β-unsaturated/α-hetero) is 1. The Balaban J connectivity index is 1.96. The van der Waals surface area contributed by atoms with Crippen molar-refractivity contribution >= 4 is 14.1 Å². The summed E-state index contributed by atoms with van der Waals surface area (Å²) in [4.78, 5) is 12.6. The summed E-state index contributed by atoms with van der Waals surface area (Å²) in [5, 5.41) is 0.175. The van der Waals surface area contributed by atoms with Crippen molar-refractivity contribution in [2.45, 2.75) is 102 Å². The zero-order chi connectivity index (χ0) is 20.5. The quantitative estimate of drug-likeness (QED) is 0.336. The van der Waals surface area contributed by atoms with Gasteiger partial charge in [-0.05, 0) is 68.1 Å². The predicted octanol–water partition coefficient (Wildman–Crippen LogP) is 5.63. The van der Waals surface area contributed by atoms with Crippen LogP contribution < -0.4 is 0 Å². The maximum atomic E-state index is 12.6. The molecule has 0 heterocycles. The molecule has 0 unspecified atom stereocenters. The van der Waals surface area contributed by atoms with Gasteiger partial charge in [-0.25, -0.2) is 0 Å². The molecule has 3 aliphatic carbocycles. The van der Waals surface area contributed by atoms with Crippen LogP contribution in [0.2, 0.25) is 18.1 Å². The maximum Gasteiger partial charge on any atom is 0.192 e. The summed E-state index contributed by atoms with van der Waals surface area (Å²) >= 11 is 0. The maximum absolute atomic E-state index is 12.6. The molecule has 0 aromatic heterocycles. The molecule has 0 N–H and O–H groups in total. The van der Waals surface area contributed by atoms with Crippen LogP contribution in [0.3, 0.4) is 0 Å². The average Bonchev–Trinajstić information content (AvgIpc) is 2.99. The first-order valence-corrected chi connectivity index (χ1v) is 14.1.